The minimum atomic E-state index is 0.0693. The zero-order valence-electron chi connectivity index (χ0n) is 18.0. The van der Waals surface area contributed by atoms with Crippen molar-refractivity contribution in [1.82, 2.24) is 9.55 Å². The molecule has 0 spiro atoms. The molecule has 0 radical (unpaired) electrons. The monoisotopic (exact) mass is 418 g/mol. The summed E-state index contributed by atoms with van der Waals surface area (Å²) in [5, 5.41) is 0. The second kappa shape index (κ2) is 9.52. The van der Waals surface area contributed by atoms with E-state index in [0.29, 0.717) is 6.61 Å². The summed E-state index contributed by atoms with van der Waals surface area (Å²) in [4.78, 5) is 5.12. The van der Waals surface area contributed by atoms with Crippen LogP contribution in [0.4, 0.5) is 0 Å². The number of hydrogen-bond donors (Lipinski definition) is 0. The molecule has 0 N–H and O–H groups in total. The predicted octanol–water partition coefficient (Wildman–Crippen LogP) is 6.69. The number of ether oxygens (including phenoxy) is 1. The minimum absolute atomic E-state index is 0.0693. The molecule has 0 saturated heterocycles. The Morgan fingerprint density at radius 3 is 1.88 bits per heavy atom. The van der Waals surface area contributed by atoms with Crippen LogP contribution < -0.4 is 4.74 Å². The van der Waals surface area contributed by atoms with E-state index in [9.17, 15) is 0 Å². The largest absolute Gasteiger partial charge is 0.494 e. The summed E-state index contributed by atoms with van der Waals surface area (Å²) in [5.74, 6) is 2.05. The number of fused-ring (bicyclic) bond motifs is 1. The standard InChI is InChI=1S/C29H26N2O/c1-4-13-23(14-5-1)28(24-15-6-2-7-16-24)29-30-26-19-10-11-20-27(26)31(29)21-12-22-32-25-17-8-3-9-18-25/h1-11,13-20,28H,12,21-22H2. The number of hydrogen-bond acceptors (Lipinski definition) is 2. The van der Waals surface area contributed by atoms with Gasteiger partial charge in [0.15, 0.2) is 0 Å². The van der Waals surface area contributed by atoms with Gasteiger partial charge in [-0.2, -0.15) is 0 Å². The van der Waals surface area contributed by atoms with Crippen LogP contribution in [0.5, 0.6) is 5.75 Å². The first-order chi connectivity index (χ1) is 15.9. The van der Waals surface area contributed by atoms with E-state index < -0.39 is 0 Å². The molecular formula is C29H26N2O. The molecule has 0 unspecified atom stereocenters. The molecule has 0 bridgehead atoms. The molecular weight excluding hydrogens is 392 g/mol. The van der Waals surface area contributed by atoms with Gasteiger partial charge in [0.05, 0.1) is 23.6 Å². The summed E-state index contributed by atoms with van der Waals surface area (Å²) in [6.07, 6.45) is 0.901. The molecule has 5 aromatic rings. The predicted molar refractivity (Wildman–Crippen MR) is 130 cm³/mol. The Balaban J connectivity index is 1.50. The van der Waals surface area contributed by atoms with Crippen LogP contribution in [-0.4, -0.2) is 16.2 Å². The number of aryl methyl sites for hydroxylation is 1. The van der Waals surface area contributed by atoms with E-state index in [0.717, 1.165) is 30.1 Å². The fourth-order valence-corrected chi connectivity index (χ4v) is 4.26. The van der Waals surface area contributed by atoms with Crippen molar-refractivity contribution in [2.75, 3.05) is 6.61 Å². The number of rotatable bonds is 8. The van der Waals surface area contributed by atoms with Gasteiger partial charge in [-0.3, -0.25) is 0 Å². The molecule has 0 atom stereocenters. The first kappa shape index (κ1) is 20.1. The summed E-state index contributed by atoms with van der Waals surface area (Å²) >= 11 is 0. The third kappa shape index (κ3) is 4.28. The Morgan fingerprint density at radius 2 is 1.22 bits per heavy atom. The van der Waals surface area contributed by atoms with Crippen LogP contribution in [-0.2, 0) is 6.54 Å². The van der Waals surface area contributed by atoms with Gasteiger partial charge in [0.2, 0.25) is 0 Å². The first-order valence-electron chi connectivity index (χ1n) is 11.1. The second-order valence-electron chi connectivity index (χ2n) is 7.88. The summed E-state index contributed by atoms with van der Waals surface area (Å²) < 4.78 is 8.32. The van der Waals surface area contributed by atoms with Gasteiger partial charge in [-0.05, 0) is 41.8 Å². The fraction of sp³-hybridized carbons (Fsp3) is 0.138. The van der Waals surface area contributed by atoms with E-state index in [2.05, 4.69) is 89.5 Å². The zero-order valence-corrected chi connectivity index (χ0v) is 18.0. The third-order valence-corrected chi connectivity index (χ3v) is 5.75. The molecule has 3 nitrogen and oxygen atoms in total. The molecule has 0 fully saturated rings. The molecule has 3 heteroatoms. The number of aromatic nitrogens is 2. The summed E-state index contributed by atoms with van der Waals surface area (Å²) in [5.41, 5.74) is 4.69. The minimum Gasteiger partial charge on any atom is -0.494 e. The quantitative estimate of drug-likeness (QED) is 0.263. The lowest BCUT2D eigenvalue weighted by Crippen LogP contribution is -2.13. The Kier molecular flexibility index (Phi) is 5.98. The summed E-state index contributed by atoms with van der Waals surface area (Å²) in [6, 6.07) is 39.7. The van der Waals surface area contributed by atoms with Gasteiger partial charge < -0.3 is 9.30 Å². The van der Waals surface area contributed by atoms with E-state index in [1.807, 2.05) is 30.3 Å². The highest BCUT2D eigenvalue weighted by atomic mass is 16.5. The topological polar surface area (TPSA) is 27.1 Å². The van der Waals surface area contributed by atoms with Crippen LogP contribution in [0.1, 0.15) is 29.3 Å². The van der Waals surface area contributed by atoms with Crippen molar-refractivity contribution in [1.29, 1.82) is 0 Å². The molecule has 4 aromatic carbocycles. The van der Waals surface area contributed by atoms with Crippen molar-refractivity contribution in [2.45, 2.75) is 18.9 Å². The maximum Gasteiger partial charge on any atom is 0.121 e. The van der Waals surface area contributed by atoms with Crippen LogP contribution in [0.2, 0.25) is 0 Å². The highest BCUT2D eigenvalue weighted by Crippen LogP contribution is 2.33. The molecule has 32 heavy (non-hydrogen) atoms. The molecule has 0 saturated carbocycles. The number of benzene rings is 4. The Hall–Kier alpha value is -3.85. The molecule has 0 aliphatic rings. The number of imidazole rings is 1. The van der Waals surface area contributed by atoms with Gasteiger partial charge in [0.25, 0.3) is 0 Å². The van der Waals surface area contributed by atoms with E-state index in [1.165, 1.54) is 16.6 Å². The molecule has 1 heterocycles. The molecule has 0 aliphatic heterocycles. The molecule has 5 rings (SSSR count). The van der Waals surface area contributed by atoms with Crippen LogP contribution in [0, 0.1) is 0 Å². The Labute approximate surface area is 188 Å². The van der Waals surface area contributed by atoms with E-state index in [1.54, 1.807) is 0 Å². The van der Waals surface area contributed by atoms with Crippen molar-refractivity contribution in [2.24, 2.45) is 0 Å². The van der Waals surface area contributed by atoms with Crippen molar-refractivity contribution in [3.63, 3.8) is 0 Å². The lowest BCUT2D eigenvalue weighted by Gasteiger charge is -2.20. The smallest absolute Gasteiger partial charge is 0.121 e. The zero-order chi connectivity index (χ0) is 21.6. The summed E-state index contributed by atoms with van der Waals surface area (Å²) in [7, 11) is 0. The van der Waals surface area contributed by atoms with Gasteiger partial charge >= 0.3 is 0 Å². The van der Waals surface area contributed by atoms with Crippen LogP contribution in [0.15, 0.2) is 115 Å². The highest BCUT2D eigenvalue weighted by molar-refractivity contribution is 5.76. The average Bonchev–Trinajstić information content (AvgIpc) is 3.22. The first-order valence-corrected chi connectivity index (χ1v) is 11.1. The van der Waals surface area contributed by atoms with Crippen molar-refractivity contribution >= 4 is 11.0 Å². The van der Waals surface area contributed by atoms with Gasteiger partial charge in [0, 0.05) is 6.54 Å². The normalized spacial score (nSPS) is 11.2. The van der Waals surface area contributed by atoms with E-state index in [-0.39, 0.29) is 5.92 Å². The van der Waals surface area contributed by atoms with Crippen molar-refractivity contribution < 1.29 is 4.74 Å². The van der Waals surface area contributed by atoms with Crippen molar-refractivity contribution in [3.05, 3.63) is 132 Å². The number of para-hydroxylation sites is 3. The Bertz CT molecular complexity index is 1220. The lowest BCUT2D eigenvalue weighted by molar-refractivity contribution is 0.301. The fourth-order valence-electron chi connectivity index (χ4n) is 4.26. The SMILES string of the molecule is c1ccc(OCCCn2c(C(c3ccccc3)c3ccccc3)nc3ccccc32)cc1. The van der Waals surface area contributed by atoms with Crippen molar-refractivity contribution in [3.8, 4) is 5.75 Å². The lowest BCUT2D eigenvalue weighted by atomic mass is 9.90. The van der Waals surface area contributed by atoms with Gasteiger partial charge in [-0.25, -0.2) is 4.98 Å². The summed E-state index contributed by atoms with van der Waals surface area (Å²) in [6.45, 7) is 1.51. The molecule has 1 aromatic heterocycles. The van der Waals surface area contributed by atoms with Gasteiger partial charge in [-0.15, -0.1) is 0 Å². The van der Waals surface area contributed by atoms with Crippen LogP contribution in [0.25, 0.3) is 11.0 Å². The maximum absolute atomic E-state index is 5.95. The molecule has 0 aliphatic carbocycles. The number of nitrogens with zero attached hydrogens (tertiary/aromatic N) is 2. The maximum atomic E-state index is 5.95. The van der Waals surface area contributed by atoms with E-state index >= 15 is 0 Å². The van der Waals surface area contributed by atoms with E-state index in [4.69, 9.17) is 9.72 Å². The molecule has 158 valence electrons. The molecule has 0 amide bonds. The van der Waals surface area contributed by atoms with Crippen LogP contribution >= 0.6 is 0 Å². The van der Waals surface area contributed by atoms with Crippen LogP contribution in [0.3, 0.4) is 0 Å². The van der Waals surface area contributed by atoms with Gasteiger partial charge in [0.1, 0.15) is 11.6 Å². The second-order valence-corrected chi connectivity index (χ2v) is 7.88. The highest BCUT2D eigenvalue weighted by Gasteiger charge is 2.23. The Morgan fingerprint density at radius 1 is 0.656 bits per heavy atom. The van der Waals surface area contributed by atoms with Gasteiger partial charge in [-0.1, -0.05) is 91.0 Å². The third-order valence-electron chi connectivity index (χ3n) is 5.75. The average molecular weight is 419 g/mol.